The molecule has 1 heterocycles. The number of urea groups is 1. The fraction of sp³-hybridized carbons (Fsp3) is 0.357. The Hall–Kier alpha value is -1.79. The van der Waals surface area contributed by atoms with Crippen molar-refractivity contribution >= 4 is 29.2 Å². The van der Waals surface area contributed by atoms with Crippen molar-refractivity contribution in [1.29, 1.82) is 0 Å². The maximum atomic E-state index is 12.0. The predicted molar refractivity (Wildman–Crippen MR) is 83.9 cm³/mol. The van der Waals surface area contributed by atoms with Crippen LogP contribution in [0.4, 0.5) is 4.79 Å². The van der Waals surface area contributed by atoms with Gasteiger partial charge in [0.25, 0.3) is 0 Å². The van der Waals surface area contributed by atoms with Crippen LogP contribution >= 0.6 is 23.2 Å². The van der Waals surface area contributed by atoms with Gasteiger partial charge in [-0.25, -0.2) is 9.78 Å². The van der Waals surface area contributed by atoms with E-state index in [2.05, 4.69) is 20.7 Å². The standard InChI is InChI=1S/C14H15Cl2N5O/c1-21-12(18-7-19-21)6-17-14(22)20-11-5-3-9-8(11)2-4-10(15)13(9)16/h2,4,7,11H,3,5-6H2,1H3,(H2,17,20,22). The first-order chi connectivity index (χ1) is 10.6. The quantitative estimate of drug-likeness (QED) is 0.902. The number of aryl methyl sites for hydroxylation is 1. The molecule has 3 rings (SSSR count). The monoisotopic (exact) mass is 339 g/mol. The molecule has 22 heavy (non-hydrogen) atoms. The highest BCUT2D eigenvalue weighted by Gasteiger charge is 2.26. The van der Waals surface area contributed by atoms with E-state index >= 15 is 0 Å². The molecule has 6 nitrogen and oxygen atoms in total. The van der Waals surface area contributed by atoms with Crippen molar-refractivity contribution in [3.63, 3.8) is 0 Å². The first kappa shape index (κ1) is 15.1. The van der Waals surface area contributed by atoms with Crippen LogP contribution in [0.3, 0.4) is 0 Å². The summed E-state index contributed by atoms with van der Waals surface area (Å²) in [6, 6.07) is 3.39. The van der Waals surface area contributed by atoms with E-state index in [1.165, 1.54) is 6.33 Å². The molecule has 1 aromatic carbocycles. The minimum absolute atomic E-state index is 0.0516. The highest BCUT2D eigenvalue weighted by atomic mass is 35.5. The van der Waals surface area contributed by atoms with Crippen LogP contribution in [0.2, 0.25) is 10.0 Å². The maximum Gasteiger partial charge on any atom is 0.315 e. The minimum atomic E-state index is -0.244. The summed E-state index contributed by atoms with van der Waals surface area (Å²) in [5.74, 6) is 0.691. The van der Waals surface area contributed by atoms with Gasteiger partial charge in [-0.1, -0.05) is 29.3 Å². The Kier molecular flexibility index (Phi) is 4.22. The number of hydrogen-bond acceptors (Lipinski definition) is 3. The number of hydrogen-bond donors (Lipinski definition) is 2. The summed E-state index contributed by atoms with van der Waals surface area (Å²) in [5, 5.41) is 10.8. The SMILES string of the molecule is Cn1ncnc1CNC(=O)NC1CCc2c1ccc(Cl)c2Cl. The molecule has 0 saturated heterocycles. The third-order valence-electron chi connectivity index (χ3n) is 3.81. The molecule has 0 saturated carbocycles. The van der Waals surface area contributed by atoms with Gasteiger partial charge in [0, 0.05) is 7.05 Å². The van der Waals surface area contributed by atoms with Gasteiger partial charge in [0.05, 0.1) is 22.6 Å². The number of carbonyl (C=O) groups excluding carboxylic acids is 1. The van der Waals surface area contributed by atoms with E-state index in [0.717, 1.165) is 24.0 Å². The number of halogens is 2. The lowest BCUT2D eigenvalue weighted by atomic mass is 10.1. The van der Waals surface area contributed by atoms with Gasteiger partial charge in [0.2, 0.25) is 0 Å². The third kappa shape index (κ3) is 2.89. The maximum absolute atomic E-state index is 12.0. The molecule has 1 unspecified atom stereocenters. The topological polar surface area (TPSA) is 71.8 Å². The Labute approximate surface area is 137 Å². The second-order valence-corrected chi connectivity index (χ2v) is 5.93. The fourth-order valence-corrected chi connectivity index (χ4v) is 3.07. The summed E-state index contributed by atoms with van der Waals surface area (Å²) < 4.78 is 1.62. The van der Waals surface area contributed by atoms with E-state index in [9.17, 15) is 4.79 Å². The van der Waals surface area contributed by atoms with Gasteiger partial charge in [-0.05, 0) is 30.0 Å². The van der Waals surface area contributed by atoms with Gasteiger partial charge < -0.3 is 10.6 Å². The number of nitrogens with one attached hydrogen (secondary N) is 2. The molecule has 2 aromatic rings. The molecule has 0 fully saturated rings. The van der Waals surface area contributed by atoms with E-state index in [1.807, 2.05) is 6.07 Å². The zero-order valence-electron chi connectivity index (χ0n) is 11.9. The van der Waals surface area contributed by atoms with Gasteiger partial charge in [-0.3, -0.25) is 4.68 Å². The summed E-state index contributed by atoms with van der Waals surface area (Å²) in [5.41, 5.74) is 2.05. The number of nitrogens with zero attached hydrogens (tertiary/aromatic N) is 3. The van der Waals surface area contributed by atoms with E-state index in [-0.39, 0.29) is 12.1 Å². The molecular weight excluding hydrogens is 325 g/mol. The van der Waals surface area contributed by atoms with Crippen LogP contribution < -0.4 is 10.6 Å². The molecular formula is C14H15Cl2N5O. The molecule has 116 valence electrons. The average Bonchev–Trinajstić information content (AvgIpc) is 3.08. The first-order valence-electron chi connectivity index (χ1n) is 6.90. The van der Waals surface area contributed by atoms with Gasteiger partial charge in [0.1, 0.15) is 12.2 Å². The van der Waals surface area contributed by atoms with Gasteiger partial charge in [-0.2, -0.15) is 5.10 Å². The summed E-state index contributed by atoms with van der Waals surface area (Å²) in [6.45, 7) is 0.323. The van der Waals surface area contributed by atoms with Crippen LogP contribution in [-0.2, 0) is 20.0 Å². The molecule has 2 N–H and O–H groups in total. The van der Waals surface area contributed by atoms with Crippen molar-refractivity contribution < 1.29 is 4.79 Å². The molecule has 1 aromatic heterocycles. The summed E-state index contributed by atoms with van der Waals surface area (Å²) in [4.78, 5) is 16.1. The number of benzene rings is 1. The summed E-state index contributed by atoms with van der Waals surface area (Å²) >= 11 is 12.2. The molecule has 0 bridgehead atoms. The summed E-state index contributed by atoms with van der Waals surface area (Å²) in [6.07, 6.45) is 3.07. The second kappa shape index (κ2) is 6.14. The van der Waals surface area contributed by atoms with Gasteiger partial charge in [0.15, 0.2) is 0 Å². The van der Waals surface area contributed by atoms with Gasteiger partial charge >= 0.3 is 6.03 Å². The highest BCUT2D eigenvalue weighted by Crippen LogP contribution is 2.38. The van der Waals surface area contributed by atoms with Crippen molar-refractivity contribution in [2.24, 2.45) is 7.05 Å². The zero-order valence-corrected chi connectivity index (χ0v) is 13.4. The van der Waals surface area contributed by atoms with Crippen molar-refractivity contribution in [2.75, 3.05) is 0 Å². The lowest BCUT2D eigenvalue weighted by Crippen LogP contribution is -2.37. The smallest absolute Gasteiger partial charge is 0.315 e. The molecule has 0 radical (unpaired) electrons. The van der Waals surface area contributed by atoms with Crippen LogP contribution in [-0.4, -0.2) is 20.8 Å². The average molecular weight is 340 g/mol. The lowest BCUT2D eigenvalue weighted by molar-refractivity contribution is 0.236. The zero-order chi connectivity index (χ0) is 15.7. The van der Waals surface area contributed by atoms with Crippen molar-refractivity contribution in [1.82, 2.24) is 25.4 Å². The van der Waals surface area contributed by atoms with Gasteiger partial charge in [-0.15, -0.1) is 0 Å². The van der Waals surface area contributed by atoms with Crippen LogP contribution in [0.1, 0.15) is 29.4 Å². The molecule has 1 atom stereocenters. The first-order valence-corrected chi connectivity index (χ1v) is 7.66. The van der Waals surface area contributed by atoms with E-state index in [4.69, 9.17) is 23.2 Å². The van der Waals surface area contributed by atoms with Crippen LogP contribution in [0.15, 0.2) is 18.5 Å². The van der Waals surface area contributed by atoms with E-state index in [1.54, 1.807) is 17.8 Å². The summed E-state index contributed by atoms with van der Waals surface area (Å²) in [7, 11) is 1.78. The number of aromatic nitrogens is 3. The Bertz CT molecular complexity index is 715. The Balaban J connectivity index is 1.62. The van der Waals surface area contributed by atoms with Crippen molar-refractivity contribution in [2.45, 2.75) is 25.4 Å². The normalized spacial score (nSPS) is 16.4. The fourth-order valence-electron chi connectivity index (χ4n) is 2.63. The Morgan fingerprint density at radius 2 is 2.27 bits per heavy atom. The minimum Gasteiger partial charge on any atom is -0.331 e. The molecule has 1 aliphatic carbocycles. The Morgan fingerprint density at radius 3 is 3.00 bits per heavy atom. The molecule has 8 heteroatoms. The van der Waals surface area contributed by atoms with E-state index in [0.29, 0.717) is 22.4 Å². The molecule has 0 aliphatic heterocycles. The highest BCUT2D eigenvalue weighted by molar-refractivity contribution is 6.42. The largest absolute Gasteiger partial charge is 0.331 e. The van der Waals surface area contributed by atoms with Crippen molar-refractivity contribution in [3.05, 3.63) is 45.5 Å². The lowest BCUT2D eigenvalue weighted by Gasteiger charge is -2.15. The number of rotatable bonds is 3. The number of fused-ring (bicyclic) bond motifs is 1. The van der Waals surface area contributed by atoms with Crippen LogP contribution in [0.5, 0.6) is 0 Å². The predicted octanol–water partition coefficient (Wildman–Crippen LogP) is 2.61. The molecule has 2 amide bonds. The third-order valence-corrected chi connectivity index (χ3v) is 4.65. The molecule has 1 aliphatic rings. The second-order valence-electron chi connectivity index (χ2n) is 5.15. The van der Waals surface area contributed by atoms with E-state index < -0.39 is 0 Å². The molecule has 0 spiro atoms. The van der Waals surface area contributed by atoms with Crippen LogP contribution in [0, 0.1) is 0 Å². The Morgan fingerprint density at radius 1 is 1.45 bits per heavy atom. The number of amides is 2. The van der Waals surface area contributed by atoms with Crippen molar-refractivity contribution in [3.8, 4) is 0 Å². The number of carbonyl (C=O) groups is 1. The van der Waals surface area contributed by atoms with Crippen LogP contribution in [0.25, 0.3) is 0 Å².